The van der Waals surface area contributed by atoms with Crippen molar-refractivity contribution in [2.45, 2.75) is 13.3 Å². The molecule has 1 aliphatic rings. The van der Waals surface area contributed by atoms with Gasteiger partial charge in [-0.05, 0) is 19.1 Å². The van der Waals surface area contributed by atoms with Crippen LogP contribution >= 0.6 is 0 Å². The lowest BCUT2D eigenvalue weighted by Gasteiger charge is -2.34. The molecule has 0 atom stereocenters. The number of piperazine rings is 1. The van der Waals surface area contributed by atoms with E-state index in [0.29, 0.717) is 45.8 Å². The molecular weight excluding hydrogens is 284 g/mol. The molecule has 2 amide bonds. The van der Waals surface area contributed by atoms with Crippen LogP contribution in [0.3, 0.4) is 0 Å². The Bertz CT molecular complexity index is 484. The van der Waals surface area contributed by atoms with E-state index >= 15 is 0 Å². The second-order valence-corrected chi connectivity index (χ2v) is 4.98. The lowest BCUT2D eigenvalue weighted by Crippen LogP contribution is -2.50. The minimum absolute atomic E-state index is 0.0550. The van der Waals surface area contributed by atoms with E-state index in [2.05, 4.69) is 0 Å². The van der Waals surface area contributed by atoms with Gasteiger partial charge in [0.2, 0.25) is 5.91 Å². The van der Waals surface area contributed by atoms with E-state index in [0.717, 1.165) is 5.75 Å². The van der Waals surface area contributed by atoms with Crippen molar-refractivity contribution in [3.8, 4) is 5.75 Å². The van der Waals surface area contributed by atoms with Crippen molar-refractivity contribution in [3.63, 3.8) is 0 Å². The Labute approximate surface area is 130 Å². The number of rotatable bonds is 5. The Morgan fingerprint density at radius 3 is 2.32 bits per heavy atom. The lowest BCUT2D eigenvalue weighted by atomic mass is 10.3. The van der Waals surface area contributed by atoms with E-state index < -0.39 is 0 Å². The largest absolute Gasteiger partial charge is 0.493 e. The van der Waals surface area contributed by atoms with E-state index in [1.807, 2.05) is 30.3 Å². The van der Waals surface area contributed by atoms with E-state index in [1.54, 1.807) is 16.7 Å². The smallest absolute Gasteiger partial charge is 0.409 e. The molecule has 6 nitrogen and oxygen atoms in total. The number of nitrogens with zero attached hydrogens (tertiary/aromatic N) is 2. The summed E-state index contributed by atoms with van der Waals surface area (Å²) in [6, 6.07) is 9.43. The minimum atomic E-state index is -0.304. The van der Waals surface area contributed by atoms with Crippen LogP contribution in [0, 0.1) is 0 Å². The zero-order valence-electron chi connectivity index (χ0n) is 12.9. The second-order valence-electron chi connectivity index (χ2n) is 4.98. The number of benzene rings is 1. The molecule has 1 aromatic carbocycles. The Morgan fingerprint density at radius 2 is 1.68 bits per heavy atom. The molecule has 0 radical (unpaired) electrons. The van der Waals surface area contributed by atoms with Crippen molar-refractivity contribution in [1.29, 1.82) is 0 Å². The Morgan fingerprint density at radius 1 is 1.05 bits per heavy atom. The average Bonchev–Trinajstić information content (AvgIpc) is 2.56. The minimum Gasteiger partial charge on any atom is -0.493 e. The topological polar surface area (TPSA) is 59.1 Å². The number of hydrogen-bond donors (Lipinski definition) is 0. The van der Waals surface area contributed by atoms with Crippen LogP contribution in [0.1, 0.15) is 13.3 Å². The molecule has 120 valence electrons. The first-order chi connectivity index (χ1) is 10.7. The highest BCUT2D eigenvalue weighted by Crippen LogP contribution is 2.10. The van der Waals surface area contributed by atoms with Crippen molar-refractivity contribution >= 4 is 12.0 Å². The highest BCUT2D eigenvalue weighted by atomic mass is 16.6. The molecule has 0 spiro atoms. The van der Waals surface area contributed by atoms with Gasteiger partial charge in [0.05, 0.1) is 19.6 Å². The SMILES string of the molecule is CCOC(=O)N1CCN(C(=O)CCOc2ccccc2)CC1. The predicted octanol–water partition coefficient (Wildman–Crippen LogP) is 1.76. The molecule has 2 rings (SSSR count). The van der Waals surface area contributed by atoms with Crippen molar-refractivity contribution in [2.24, 2.45) is 0 Å². The van der Waals surface area contributed by atoms with Crippen LogP contribution in [0.2, 0.25) is 0 Å². The fourth-order valence-electron chi connectivity index (χ4n) is 2.28. The monoisotopic (exact) mass is 306 g/mol. The first-order valence-corrected chi connectivity index (χ1v) is 7.58. The van der Waals surface area contributed by atoms with E-state index in [9.17, 15) is 9.59 Å². The number of carbonyl (C=O) groups is 2. The highest BCUT2D eigenvalue weighted by molar-refractivity contribution is 5.77. The summed E-state index contributed by atoms with van der Waals surface area (Å²) in [6.07, 6.45) is 0.0379. The van der Waals surface area contributed by atoms with Crippen molar-refractivity contribution in [1.82, 2.24) is 9.80 Å². The number of hydrogen-bond acceptors (Lipinski definition) is 4. The average molecular weight is 306 g/mol. The quantitative estimate of drug-likeness (QED) is 0.831. The van der Waals surface area contributed by atoms with Gasteiger partial charge in [0.25, 0.3) is 0 Å². The number of para-hydroxylation sites is 1. The highest BCUT2D eigenvalue weighted by Gasteiger charge is 2.24. The van der Waals surface area contributed by atoms with Crippen LogP contribution in [-0.2, 0) is 9.53 Å². The Hall–Kier alpha value is -2.24. The summed E-state index contributed by atoms with van der Waals surface area (Å²) in [5.41, 5.74) is 0. The van der Waals surface area contributed by atoms with Crippen molar-refractivity contribution in [3.05, 3.63) is 30.3 Å². The van der Waals surface area contributed by atoms with Crippen LogP contribution in [-0.4, -0.2) is 61.2 Å². The summed E-state index contributed by atoms with van der Waals surface area (Å²) in [5, 5.41) is 0. The first-order valence-electron chi connectivity index (χ1n) is 7.58. The molecular formula is C16H22N2O4. The molecule has 0 unspecified atom stereocenters. The molecule has 1 aromatic rings. The third kappa shape index (κ3) is 4.65. The van der Waals surface area contributed by atoms with Gasteiger partial charge in [-0.25, -0.2) is 4.79 Å². The molecule has 0 aliphatic carbocycles. The molecule has 0 saturated carbocycles. The van der Waals surface area contributed by atoms with Crippen molar-refractivity contribution < 1.29 is 19.1 Å². The van der Waals surface area contributed by atoms with Gasteiger partial charge in [-0.15, -0.1) is 0 Å². The first kappa shape index (κ1) is 16.1. The number of amides is 2. The molecule has 1 saturated heterocycles. The van der Waals surface area contributed by atoms with Crippen molar-refractivity contribution in [2.75, 3.05) is 39.4 Å². The zero-order chi connectivity index (χ0) is 15.8. The van der Waals surface area contributed by atoms with Crippen LogP contribution in [0.25, 0.3) is 0 Å². The zero-order valence-corrected chi connectivity index (χ0v) is 12.9. The Balaban J connectivity index is 1.68. The van der Waals surface area contributed by atoms with E-state index in [4.69, 9.17) is 9.47 Å². The summed E-state index contributed by atoms with van der Waals surface area (Å²) >= 11 is 0. The van der Waals surface area contributed by atoms with Crippen LogP contribution in [0.4, 0.5) is 4.79 Å². The summed E-state index contributed by atoms with van der Waals surface area (Å²) in [6.45, 7) is 4.64. The third-order valence-corrected chi connectivity index (χ3v) is 3.49. The van der Waals surface area contributed by atoms with Crippen LogP contribution in [0.5, 0.6) is 5.75 Å². The fraction of sp³-hybridized carbons (Fsp3) is 0.500. The van der Waals surface area contributed by atoms with E-state index in [1.165, 1.54) is 0 Å². The molecule has 1 heterocycles. The van der Waals surface area contributed by atoms with Gasteiger partial charge in [-0.3, -0.25) is 4.79 Å². The summed E-state index contributed by atoms with van der Waals surface area (Å²) in [4.78, 5) is 27.1. The molecule has 0 aromatic heterocycles. The van der Waals surface area contributed by atoms with Gasteiger partial charge >= 0.3 is 6.09 Å². The van der Waals surface area contributed by atoms with E-state index in [-0.39, 0.29) is 12.0 Å². The van der Waals surface area contributed by atoms with Gasteiger partial charge in [-0.2, -0.15) is 0 Å². The standard InChI is InChI=1S/C16H22N2O4/c1-2-21-16(20)18-11-9-17(10-12-18)15(19)8-13-22-14-6-4-3-5-7-14/h3-7H,2,8-13H2,1H3. The van der Waals surface area contributed by atoms with Gasteiger partial charge in [-0.1, -0.05) is 18.2 Å². The molecule has 1 fully saturated rings. The maximum atomic E-state index is 12.1. The number of carbonyl (C=O) groups excluding carboxylic acids is 2. The lowest BCUT2D eigenvalue weighted by molar-refractivity contribution is -0.133. The van der Waals surface area contributed by atoms with Crippen LogP contribution < -0.4 is 4.74 Å². The second kappa shape index (κ2) is 8.26. The van der Waals surface area contributed by atoms with Gasteiger partial charge in [0.15, 0.2) is 0 Å². The van der Waals surface area contributed by atoms with Gasteiger partial charge in [0.1, 0.15) is 5.75 Å². The molecule has 6 heteroatoms. The van der Waals surface area contributed by atoms with Crippen LogP contribution in [0.15, 0.2) is 30.3 Å². The van der Waals surface area contributed by atoms with Gasteiger partial charge in [0, 0.05) is 26.2 Å². The third-order valence-electron chi connectivity index (χ3n) is 3.49. The number of ether oxygens (including phenoxy) is 2. The molecule has 0 bridgehead atoms. The summed E-state index contributed by atoms with van der Waals surface area (Å²) in [7, 11) is 0. The normalized spacial score (nSPS) is 14.6. The predicted molar refractivity (Wildman–Crippen MR) is 81.7 cm³/mol. The molecule has 0 N–H and O–H groups in total. The summed E-state index contributed by atoms with van der Waals surface area (Å²) in [5.74, 6) is 0.821. The maximum absolute atomic E-state index is 12.1. The molecule has 1 aliphatic heterocycles. The van der Waals surface area contributed by atoms with Gasteiger partial charge < -0.3 is 19.3 Å². The molecule has 22 heavy (non-hydrogen) atoms. The summed E-state index contributed by atoms with van der Waals surface area (Å²) < 4.78 is 10.5. The maximum Gasteiger partial charge on any atom is 0.409 e. The Kier molecular flexibility index (Phi) is 6.06. The fourth-order valence-corrected chi connectivity index (χ4v) is 2.28.